The van der Waals surface area contributed by atoms with Crippen molar-refractivity contribution in [1.82, 2.24) is 49.8 Å². The molecule has 6 aliphatic heterocycles. The molecule has 0 aromatic carbocycles. The minimum atomic E-state index is -4.29. The Hall–Kier alpha value is -5.43. The number of halogens is 3. The van der Waals surface area contributed by atoms with Crippen molar-refractivity contribution in [3.8, 4) is 0 Å². The molecule has 6 heterocycles. The number of piperazine rings is 3. The first kappa shape index (κ1) is 99.6. The van der Waals surface area contributed by atoms with Crippen LogP contribution < -0.4 is 10.6 Å². The highest BCUT2D eigenvalue weighted by Gasteiger charge is 2.44. The van der Waals surface area contributed by atoms with Crippen LogP contribution in [0, 0.1) is 49.7 Å². The second-order valence-electron chi connectivity index (χ2n) is 36.8. The maximum Gasteiger partial charge on any atom is 0.405 e. The molecule has 7 fully saturated rings. The van der Waals surface area contributed by atoms with Crippen LogP contribution in [-0.4, -0.2) is 251 Å². The van der Waals surface area contributed by atoms with Crippen molar-refractivity contribution in [3.05, 3.63) is 0 Å². The quantitative estimate of drug-likeness (QED) is 0.176. The van der Waals surface area contributed by atoms with E-state index in [0.717, 1.165) is 90.1 Å². The fourth-order valence-electron chi connectivity index (χ4n) is 12.1. The third kappa shape index (κ3) is 39.5. The highest BCUT2D eigenvalue weighted by atomic mass is 19.4. The molecular formula is C80H149F3N10O12. The summed E-state index contributed by atoms with van der Waals surface area (Å²) in [5.41, 5.74) is -1.63. The van der Waals surface area contributed by atoms with Gasteiger partial charge in [0.1, 0.15) is 6.04 Å². The molecule has 4 atom stereocenters. The van der Waals surface area contributed by atoms with Crippen molar-refractivity contribution < 1.29 is 71.3 Å². The number of alkyl halides is 3. The van der Waals surface area contributed by atoms with Crippen molar-refractivity contribution in [3.63, 3.8) is 0 Å². The molecule has 4 N–H and O–H groups in total. The number of rotatable bonds is 8. The Bertz CT molecular complexity index is 2690. The molecule has 0 bridgehead atoms. The molecule has 7 rings (SSSR count). The monoisotopic (exact) mass is 1500 g/mol. The van der Waals surface area contributed by atoms with Crippen LogP contribution in [0.5, 0.6) is 0 Å². The molecule has 0 radical (unpaired) electrons. The average molecular weight is 1500 g/mol. The summed E-state index contributed by atoms with van der Waals surface area (Å²) in [6.07, 6.45) is 8.68. The third-order valence-electron chi connectivity index (χ3n) is 18.8. The molecule has 1 saturated carbocycles. The molecule has 9 amide bonds. The topological polar surface area (TPSA) is 261 Å². The number of likely N-dealkylation sites (N-methyl/N-ethyl adjacent to an activating group) is 1. The summed E-state index contributed by atoms with van der Waals surface area (Å²) in [6.45, 7) is 58.1. The van der Waals surface area contributed by atoms with Crippen LogP contribution >= 0.6 is 0 Å². The van der Waals surface area contributed by atoms with E-state index in [4.69, 9.17) is 0 Å². The molecule has 105 heavy (non-hydrogen) atoms. The second-order valence-corrected chi connectivity index (χ2v) is 36.8. The highest BCUT2D eigenvalue weighted by molar-refractivity contribution is 5.90. The van der Waals surface area contributed by atoms with Crippen molar-refractivity contribution in [1.29, 1.82) is 0 Å². The summed E-state index contributed by atoms with van der Waals surface area (Å²) in [7, 11) is 1.77. The predicted molar refractivity (Wildman–Crippen MR) is 412 cm³/mol. The lowest BCUT2D eigenvalue weighted by molar-refractivity contribution is -0.170. The van der Waals surface area contributed by atoms with Crippen molar-refractivity contribution in [2.45, 2.75) is 287 Å². The maximum atomic E-state index is 12.5. The summed E-state index contributed by atoms with van der Waals surface area (Å²) < 4.78 is 37.4. The van der Waals surface area contributed by atoms with Gasteiger partial charge in [-0.2, -0.15) is 13.2 Å². The second kappa shape index (κ2) is 44.9. The molecule has 0 aromatic rings. The van der Waals surface area contributed by atoms with Crippen LogP contribution in [0.2, 0.25) is 0 Å². The van der Waals surface area contributed by atoms with E-state index < -0.39 is 40.5 Å². The van der Waals surface area contributed by atoms with Gasteiger partial charge in [-0.15, -0.1) is 0 Å². The van der Waals surface area contributed by atoms with Gasteiger partial charge in [0.15, 0.2) is 5.78 Å². The molecule has 7 aliphatic rings. The van der Waals surface area contributed by atoms with E-state index in [-0.39, 0.29) is 108 Å². The Kier molecular flexibility index (Phi) is 42.6. The molecule has 0 spiro atoms. The number of amides is 9. The molecule has 6 saturated heterocycles. The van der Waals surface area contributed by atoms with Gasteiger partial charge < -0.3 is 60.0 Å². The predicted octanol–water partition coefficient (Wildman–Crippen LogP) is 11.3. The number of hydrogen-bond donors (Lipinski definition) is 4. The Labute approximate surface area is 632 Å². The van der Waals surface area contributed by atoms with E-state index in [9.17, 15) is 71.3 Å². The summed E-state index contributed by atoms with van der Waals surface area (Å²) in [4.78, 5) is 131. The van der Waals surface area contributed by atoms with Crippen LogP contribution in [0.4, 0.5) is 13.2 Å². The van der Waals surface area contributed by atoms with Gasteiger partial charge in [-0.1, -0.05) is 173 Å². The molecule has 0 aromatic heterocycles. The Morgan fingerprint density at radius 1 is 0.533 bits per heavy atom. The van der Waals surface area contributed by atoms with Crippen LogP contribution in [0.25, 0.3) is 0 Å². The smallest absolute Gasteiger partial charge is 0.396 e. The van der Waals surface area contributed by atoms with Crippen LogP contribution in [-0.2, 0) is 47.9 Å². The van der Waals surface area contributed by atoms with Gasteiger partial charge in [0, 0.05) is 133 Å². The fourth-order valence-corrected chi connectivity index (χ4v) is 12.1. The molecule has 22 nitrogen and oxygen atoms in total. The number of likely N-dealkylation sites (tertiary alicyclic amines) is 3. The Balaban J connectivity index is 0.00000120. The first-order valence-corrected chi connectivity index (χ1v) is 39.1. The molecule has 612 valence electrons. The zero-order valence-electron chi connectivity index (χ0n) is 70.5. The lowest BCUT2D eigenvalue weighted by Crippen LogP contribution is -2.59. The minimum Gasteiger partial charge on any atom is -0.396 e. The maximum absolute atomic E-state index is 12.5. The summed E-state index contributed by atoms with van der Waals surface area (Å²) in [5.74, 6) is 1.19. The number of hydrogen-bond acceptors (Lipinski definition) is 13. The SMILES string of the molecule is CC.CC(C)(C)C(=O)N1CCCC(=O)C1.CC(C)(C)C(=O)N1CCNC(C(F)(F)F)C1.CC(C)(C)C(CO)C(=O)NC1CCCC1O.CC(C)(C)CC(=O)N1CCCCC1.CC1CCN(C(=O)CCC(C)(C)C)CC1.CCCN1CCN(C(=O)C(C)(C)C)CC1=O.CN1CCN(C(=O)C(C)(C)C)CC1=O. The number of Topliss-reactive ketones (excluding diaryl/α,β-unsaturated/α-hetero) is 1. The Morgan fingerprint density at radius 3 is 1.39 bits per heavy atom. The highest BCUT2D eigenvalue weighted by Crippen LogP contribution is 2.30. The van der Waals surface area contributed by atoms with Crippen LogP contribution in [0.15, 0.2) is 0 Å². The lowest BCUT2D eigenvalue weighted by Gasteiger charge is -2.37. The number of aliphatic hydroxyl groups is 2. The normalized spacial score (nSPS) is 20.5. The fraction of sp³-hybridized carbons (Fsp3) is 0.875. The summed E-state index contributed by atoms with van der Waals surface area (Å²) in [6, 6.07) is -1.74. The number of nitrogens with one attached hydrogen (secondary N) is 2. The van der Waals surface area contributed by atoms with Gasteiger partial charge in [0.05, 0.1) is 44.3 Å². The number of ketones is 1. The van der Waals surface area contributed by atoms with Gasteiger partial charge in [0.2, 0.25) is 53.2 Å². The van der Waals surface area contributed by atoms with Gasteiger partial charge in [0.25, 0.3) is 0 Å². The van der Waals surface area contributed by atoms with E-state index in [1.165, 1.54) is 37.0 Å². The van der Waals surface area contributed by atoms with Gasteiger partial charge in [-0.3, -0.25) is 47.9 Å². The van der Waals surface area contributed by atoms with E-state index >= 15 is 0 Å². The average Bonchev–Trinajstić information content (AvgIpc) is 1.13. The van der Waals surface area contributed by atoms with Crippen molar-refractivity contribution in [2.24, 2.45) is 49.7 Å². The third-order valence-corrected chi connectivity index (χ3v) is 18.8. The molecule has 25 heteroatoms. The van der Waals surface area contributed by atoms with E-state index in [2.05, 4.69) is 66.0 Å². The van der Waals surface area contributed by atoms with E-state index in [1.54, 1.807) is 47.4 Å². The standard InChI is InChI=1S/C13H25NO.C12H22N2O2.C12H23NO3.C11H21NO.C10H17F3N2O.C10H18N2O2.C10H17NO2.C2H6/c1-11-6-9-14(10-7-11)12(15)5-8-13(2,3)4;1-5-6-13-7-8-14(9-10(13)15)11(16)12(2,3)4;1-12(2,3)8(7-14)11(16)13-9-5-4-6-10(9)15;1-11(2,3)9-10(13)12-7-5-4-6-8-12;1-9(2,3)8(16)15-5-4-14-7(6-15)10(11,12)13;1-10(2,3)9(14)12-6-5-11(4)8(13)7-12;1-10(2,3)9(13)11-6-4-5-8(12)7-11;1-2/h11H,5-10H2,1-4H3;5-9H2,1-4H3;8-10,14-15H,4-7H2,1-3H3,(H,13,16);4-9H2,1-3H3;7,14H,4-6H2,1-3H3;5-7H2,1-4H3;4-7H2,1-3H3;1-2H3. The van der Waals surface area contributed by atoms with E-state index in [0.29, 0.717) is 63.9 Å². The van der Waals surface area contributed by atoms with Crippen molar-refractivity contribution >= 4 is 58.9 Å². The minimum absolute atomic E-state index is 0.0221. The van der Waals surface area contributed by atoms with Gasteiger partial charge >= 0.3 is 6.18 Å². The lowest BCUT2D eigenvalue weighted by atomic mass is 9.80. The van der Waals surface area contributed by atoms with E-state index in [1.807, 2.05) is 112 Å². The first-order chi connectivity index (χ1) is 47.9. The Morgan fingerprint density at radius 2 is 0.990 bits per heavy atom. The van der Waals surface area contributed by atoms with Crippen molar-refractivity contribution in [2.75, 3.05) is 118 Å². The number of carbonyl (C=O) groups excluding carboxylic acids is 10. The number of piperidine rings is 3. The molecule has 1 aliphatic carbocycles. The number of carbonyl (C=O) groups is 10. The zero-order valence-corrected chi connectivity index (χ0v) is 70.5. The largest absolute Gasteiger partial charge is 0.405 e. The summed E-state index contributed by atoms with van der Waals surface area (Å²) in [5, 5.41) is 24.1. The van der Waals surface area contributed by atoms with Crippen LogP contribution in [0.1, 0.15) is 263 Å². The number of nitrogens with zero attached hydrogens (tertiary/aromatic N) is 8. The zero-order chi connectivity index (χ0) is 81.6. The van der Waals surface area contributed by atoms with Crippen LogP contribution in [0.3, 0.4) is 0 Å². The molecule has 4 unspecified atom stereocenters. The molecular weight excluding hydrogens is 1350 g/mol. The van der Waals surface area contributed by atoms with Gasteiger partial charge in [-0.25, -0.2) is 0 Å². The first-order valence-electron chi connectivity index (χ1n) is 39.1. The van der Waals surface area contributed by atoms with Gasteiger partial charge in [-0.05, 0) is 92.8 Å². The number of aliphatic hydroxyl groups excluding tert-OH is 2. The summed E-state index contributed by atoms with van der Waals surface area (Å²) >= 11 is 0.